The van der Waals surface area contributed by atoms with E-state index in [-0.39, 0.29) is 35.0 Å². The van der Waals surface area contributed by atoms with Crippen LogP contribution >= 0.6 is 0 Å². The highest BCUT2D eigenvalue weighted by Crippen LogP contribution is 2.62. The van der Waals surface area contributed by atoms with Crippen molar-refractivity contribution in [3.05, 3.63) is 11.6 Å². The van der Waals surface area contributed by atoms with Gasteiger partial charge in [-0.25, -0.2) is 0 Å². The van der Waals surface area contributed by atoms with Gasteiger partial charge in [-0.05, 0) is 68.6 Å². The van der Waals surface area contributed by atoms with Gasteiger partial charge in [0.05, 0.1) is 12.2 Å². The molecular weight excluding hydrogens is 302 g/mol. The first kappa shape index (κ1) is 16.6. The molecule has 134 valence electrons. The minimum Gasteiger partial charge on any atom is -0.393 e. The maximum atomic E-state index is 12.3. The quantitative estimate of drug-likeness (QED) is 0.670. The standard InChI is InChI=1S/C20H31NO3/c1-19-9-8-13(22)10-12(19)4-5-14-15-6-7-17(24)21(3)20(15,2)11-16(23)18(14)19/h10,13-16,18,22-23H,4-9,11H2,1-3H3/t13-,14?,15?,16-,18?,19?,20?/m0/s1. The summed E-state index contributed by atoms with van der Waals surface area (Å²) in [6, 6.07) is 0. The van der Waals surface area contributed by atoms with E-state index in [0.29, 0.717) is 24.7 Å². The summed E-state index contributed by atoms with van der Waals surface area (Å²) >= 11 is 0. The van der Waals surface area contributed by atoms with Crippen LogP contribution in [0.4, 0.5) is 0 Å². The van der Waals surface area contributed by atoms with E-state index in [1.807, 2.05) is 11.9 Å². The third-order valence-corrected chi connectivity index (χ3v) is 8.19. The predicted molar refractivity (Wildman–Crippen MR) is 92.2 cm³/mol. The van der Waals surface area contributed by atoms with Gasteiger partial charge in [-0.15, -0.1) is 0 Å². The maximum absolute atomic E-state index is 12.3. The molecule has 1 amide bonds. The molecule has 1 aliphatic heterocycles. The first-order valence-corrected chi connectivity index (χ1v) is 9.61. The molecule has 2 N–H and O–H groups in total. The summed E-state index contributed by atoms with van der Waals surface area (Å²) in [6.45, 7) is 4.50. The van der Waals surface area contributed by atoms with E-state index in [2.05, 4.69) is 19.9 Å². The Morgan fingerprint density at radius 3 is 2.67 bits per heavy atom. The molecule has 4 heteroatoms. The highest BCUT2D eigenvalue weighted by atomic mass is 16.3. The van der Waals surface area contributed by atoms with Crippen LogP contribution in [-0.4, -0.2) is 45.8 Å². The van der Waals surface area contributed by atoms with Gasteiger partial charge in [-0.3, -0.25) is 4.79 Å². The van der Waals surface area contributed by atoms with E-state index in [1.165, 1.54) is 5.57 Å². The van der Waals surface area contributed by atoms with Gasteiger partial charge in [0.25, 0.3) is 0 Å². The summed E-state index contributed by atoms with van der Waals surface area (Å²) in [5.41, 5.74) is 1.18. The zero-order valence-corrected chi connectivity index (χ0v) is 15.2. The number of hydrogen-bond donors (Lipinski definition) is 2. The molecule has 7 atom stereocenters. The average molecular weight is 333 g/mol. The fourth-order valence-electron chi connectivity index (χ4n) is 6.80. The first-order valence-electron chi connectivity index (χ1n) is 9.61. The Morgan fingerprint density at radius 2 is 1.92 bits per heavy atom. The number of likely N-dealkylation sites (tertiary alicyclic amines) is 1. The fourth-order valence-corrected chi connectivity index (χ4v) is 6.80. The Morgan fingerprint density at radius 1 is 1.17 bits per heavy atom. The van der Waals surface area contributed by atoms with Gasteiger partial charge < -0.3 is 15.1 Å². The van der Waals surface area contributed by atoms with Crippen LogP contribution in [0.1, 0.15) is 58.8 Å². The number of amides is 1. The fraction of sp³-hybridized carbons (Fsp3) is 0.850. The number of aliphatic hydroxyl groups excluding tert-OH is 2. The van der Waals surface area contributed by atoms with E-state index in [1.54, 1.807) is 0 Å². The largest absolute Gasteiger partial charge is 0.393 e. The van der Waals surface area contributed by atoms with E-state index in [0.717, 1.165) is 32.1 Å². The number of carbonyl (C=O) groups excluding carboxylic acids is 1. The normalized spacial score (nSPS) is 51.4. The Kier molecular flexibility index (Phi) is 3.67. The summed E-state index contributed by atoms with van der Waals surface area (Å²) in [4.78, 5) is 14.2. The molecule has 0 aromatic rings. The molecule has 3 fully saturated rings. The van der Waals surface area contributed by atoms with E-state index in [9.17, 15) is 15.0 Å². The van der Waals surface area contributed by atoms with Crippen LogP contribution in [0, 0.1) is 23.2 Å². The SMILES string of the molecule is CN1C(=O)CCC2C3CCC4=C[C@@H](O)CCC4(C)C3[C@@H](O)CC21C. The molecular formula is C20H31NO3. The highest BCUT2D eigenvalue weighted by molar-refractivity contribution is 5.77. The maximum Gasteiger partial charge on any atom is 0.222 e. The molecule has 4 aliphatic rings. The minimum atomic E-state index is -0.367. The second kappa shape index (κ2) is 5.31. The van der Waals surface area contributed by atoms with Gasteiger partial charge in [-0.1, -0.05) is 18.6 Å². The second-order valence-electron chi connectivity index (χ2n) is 9.17. The van der Waals surface area contributed by atoms with Crippen molar-refractivity contribution in [2.24, 2.45) is 23.2 Å². The average Bonchev–Trinajstić information content (AvgIpc) is 2.52. The number of rotatable bonds is 0. The molecule has 1 saturated heterocycles. The zero-order chi connectivity index (χ0) is 17.3. The zero-order valence-electron chi connectivity index (χ0n) is 15.2. The second-order valence-corrected chi connectivity index (χ2v) is 9.17. The lowest BCUT2D eigenvalue weighted by Crippen LogP contribution is -2.66. The van der Waals surface area contributed by atoms with Gasteiger partial charge in [0.2, 0.25) is 5.91 Å². The summed E-state index contributed by atoms with van der Waals surface area (Å²) in [5, 5.41) is 21.2. The van der Waals surface area contributed by atoms with Crippen molar-refractivity contribution in [3.8, 4) is 0 Å². The Bertz CT molecular complexity index is 587. The predicted octanol–water partition coefficient (Wildman–Crippen LogP) is 2.49. The molecule has 4 nitrogen and oxygen atoms in total. The molecule has 3 aliphatic carbocycles. The van der Waals surface area contributed by atoms with Gasteiger partial charge in [0, 0.05) is 19.0 Å². The lowest BCUT2D eigenvalue weighted by Gasteiger charge is -2.63. The minimum absolute atomic E-state index is 0.0168. The summed E-state index contributed by atoms with van der Waals surface area (Å²) in [7, 11) is 1.92. The Hall–Kier alpha value is -0.870. The van der Waals surface area contributed by atoms with Gasteiger partial charge in [0.1, 0.15) is 0 Å². The molecule has 0 spiro atoms. The number of hydrogen-bond acceptors (Lipinski definition) is 3. The number of aliphatic hydroxyl groups is 2. The van der Waals surface area contributed by atoms with E-state index < -0.39 is 0 Å². The monoisotopic (exact) mass is 333 g/mol. The topological polar surface area (TPSA) is 60.8 Å². The van der Waals surface area contributed by atoms with Gasteiger partial charge in [-0.2, -0.15) is 0 Å². The lowest BCUT2D eigenvalue weighted by atomic mass is 9.46. The molecule has 5 unspecified atom stereocenters. The van der Waals surface area contributed by atoms with Crippen molar-refractivity contribution in [3.63, 3.8) is 0 Å². The molecule has 1 heterocycles. The van der Waals surface area contributed by atoms with Crippen LogP contribution in [0.25, 0.3) is 0 Å². The highest BCUT2D eigenvalue weighted by Gasteiger charge is 2.60. The smallest absolute Gasteiger partial charge is 0.222 e. The van der Waals surface area contributed by atoms with Crippen LogP contribution in [0.15, 0.2) is 11.6 Å². The van der Waals surface area contributed by atoms with Crippen molar-refractivity contribution in [1.29, 1.82) is 0 Å². The molecule has 0 bridgehead atoms. The molecule has 24 heavy (non-hydrogen) atoms. The lowest BCUT2D eigenvalue weighted by molar-refractivity contribution is -0.171. The number of piperidine rings is 1. The van der Waals surface area contributed by atoms with Gasteiger partial charge in [0.15, 0.2) is 0 Å². The molecule has 2 saturated carbocycles. The molecule has 0 aromatic carbocycles. The van der Waals surface area contributed by atoms with Crippen molar-refractivity contribution in [2.75, 3.05) is 7.05 Å². The first-order chi connectivity index (χ1) is 11.3. The van der Waals surface area contributed by atoms with Crippen LogP contribution in [0.2, 0.25) is 0 Å². The summed E-state index contributed by atoms with van der Waals surface area (Å²) in [6.07, 6.45) is 7.57. The van der Waals surface area contributed by atoms with Crippen molar-refractivity contribution >= 4 is 5.91 Å². The number of nitrogens with zero attached hydrogens (tertiary/aromatic N) is 1. The van der Waals surface area contributed by atoms with Gasteiger partial charge >= 0.3 is 0 Å². The number of allylic oxidation sites excluding steroid dienone is 1. The number of fused-ring (bicyclic) bond motifs is 5. The van der Waals surface area contributed by atoms with Crippen LogP contribution < -0.4 is 0 Å². The summed E-state index contributed by atoms with van der Waals surface area (Å²) < 4.78 is 0. The van der Waals surface area contributed by atoms with Crippen molar-refractivity contribution < 1.29 is 15.0 Å². The Balaban J connectivity index is 1.72. The van der Waals surface area contributed by atoms with Crippen molar-refractivity contribution in [1.82, 2.24) is 4.90 Å². The number of carbonyl (C=O) groups is 1. The van der Waals surface area contributed by atoms with E-state index >= 15 is 0 Å². The third-order valence-electron chi connectivity index (χ3n) is 8.19. The Labute approximate surface area is 144 Å². The van der Waals surface area contributed by atoms with Crippen molar-refractivity contribution in [2.45, 2.75) is 76.5 Å². The molecule has 0 aromatic heterocycles. The van der Waals surface area contributed by atoms with Crippen LogP contribution in [0.5, 0.6) is 0 Å². The van der Waals surface area contributed by atoms with Crippen LogP contribution in [-0.2, 0) is 4.79 Å². The third kappa shape index (κ3) is 2.08. The molecule has 0 radical (unpaired) electrons. The molecule has 4 rings (SSSR count). The van der Waals surface area contributed by atoms with E-state index in [4.69, 9.17) is 0 Å². The van der Waals surface area contributed by atoms with Crippen LogP contribution in [0.3, 0.4) is 0 Å². The summed E-state index contributed by atoms with van der Waals surface area (Å²) in [5.74, 6) is 1.46.